The lowest BCUT2D eigenvalue weighted by Gasteiger charge is -2.02. The summed E-state index contributed by atoms with van der Waals surface area (Å²) in [6.45, 7) is 4.50. The predicted octanol–water partition coefficient (Wildman–Crippen LogP) is 1.30. The van der Waals surface area contributed by atoms with E-state index in [0.29, 0.717) is 23.3 Å². The van der Waals surface area contributed by atoms with Gasteiger partial charge in [-0.25, -0.2) is 4.98 Å². The van der Waals surface area contributed by atoms with E-state index < -0.39 is 0 Å². The molecule has 0 aliphatic heterocycles. The molecule has 0 bridgehead atoms. The summed E-state index contributed by atoms with van der Waals surface area (Å²) in [5.74, 6) is 2.04. The van der Waals surface area contributed by atoms with Crippen molar-refractivity contribution in [1.82, 2.24) is 19.2 Å². The Morgan fingerprint density at radius 3 is 2.60 bits per heavy atom. The molecule has 2 aromatic rings. The number of rotatable bonds is 2. The van der Waals surface area contributed by atoms with Crippen molar-refractivity contribution in [3.8, 4) is 0 Å². The van der Waals surface area contributed by atoms with Gasteiger partial charge in [0.1, 0.15) is 5.82 Å². The Kier molecular flexibility index (Phi) is 2.44. The Morgan fingerprint density at radius 1 is 1.47 bits per heavy atom. The molecule has 2 heterocycles. The van der Waals surface area contributed by atoms with Crippen LogP contribution in [0.15, 0.2) is 0 Å². The van der Waals surface area contributed by atoms with Gasteiger partial charge in [0.15, 0.2) is 5.15 Å². The summed E-state index contributed by atoms with van der Waals surface area (Å²) in [6.07, 6.45) is 0. The molecule has 82 valence electrons. The predicted molar refractivity (Wildman–Crippen MR) is 58.9 cm³/mol. The number of nitrogens with zero attached hydrogens (tertiary/aromatic N) is 4. The number of aryl methyl sites for hydroxylation is 1. The lowest BCUT2D eigenvalue weighted by molar-refractivity contribution is 0.706. The van der Waals surface area contributed by atoms with Crippen LogP contribution in [0.4, 0.5) is 0 Å². The fourth-order valence-corrected chi connectivity index (χ4v) is 1.87. The first-order chi connectivity index (χ1) is 7.06. The quantitative estimate of drug-likeness (QED) is 0.842. The van der Waals surface area contributed by atoms with E-state index in [1.54, 1.807) is 4.52 Å². The molecule has 0 aromatic carbocycles. The Morgan fingerprint density at radius 2 is 2.13 bits per heavy atom. The van der Waals surface area contributed by atoms with Gasteiger partial charge in [0.25, 0.3) is 0 Å². The summed E-state index contributed by atoms with van der Waals surface area (Å²) >= 11 is 6.09. The van der Waals surface area contributed by atoms with E-state index >= 15 is 0 Å². The van der Waals surface area contributed by atoms with E-state index in [9.17, 15) is 0 Å². The van der Waals surface area contributed by atoms with E-state index in [4.69, 9.17) is 17.3 Å². The largest absolute Gasteiger partial charge is 0.325 e. The van der Waals surface area contributed by atoms with Crippen molar-refractivity contribution < 1.29 is 0 Å². The molecule has 0 aliphatic carbocycles. The van der Waals surface area contributed by atoms with E-state index in [1.165, 1.54) is 0 Å². The third-order valence-corrected chi connectivity index (χ3v) is 2.78. The highest BCUT2D eigenvalue weighted by molar-refractivity contribution is 6.30. The molecule has 6 heteroatoms. The minimum Gasteiger partial charge on any atom is -0.325 e. The Bertz CT molecular complexity index is 496. The molecule has 0 fully saturated rings. The van der Waals surface area contributed by atoms with Crippen LogP contribution in [-0.4, -0.2) is 19.2 Å². The van der Waals surface area contributed by atoms with Crippen molar-refractivity contribution >= 4 is 17.4 Å². The molecule has 5 nitrogen and oxygen atoms in total. The van der Waals surface area contributed by atoms with Crippen molar-refractivity contribution in [1.29, 1.82) is 0 Å². The normalized spacial score (nSPS) is 11.9. The van der Waals surface area contributed by atoms with E-state index in [0.717, 1.165) is 11.6 Å². The molecule has 2 aromatic heterocycles. The average Bonchev–Trinajstić information content (AvgIpc) is 2.66. The van der Waals surface area contributed by atoms with Gasteiger partial charge in [0, 0.05) is 19.5 Å². The van der Waals surface area contributed by atoms with E-state index in [2.05, 4.69) is 23.9 Å². The summed E-state index contributed by atoms with van der Waals surface area (Å²) in [5.41, 5.74) is 6.21. The fraction of sp³-hybridized carbons (Fsp3) is 0.556. The first kappa shape index (κ1) is 10.4. The highest BCUT2D eigenvalue weighted by atomic mass is 35.5. The zero-order chi connectivity index (χ0) is 11.2. The summed E-state index contributed by atoms with van der Waals surface area (Å²) < 4.78 is 3.58. The molecular formula is C9H14ClN5. The summed E-state index contributed by atoms with van der Waals surface area (Å²) in [5, 5.41) is 4.92. The van der Waals surface area contributed by atoms with Crippen LogP contribution in [0.3, 0.4) is 0 Å². The fourth-order valence-electron chi connectivity index (χ4n) is 1.63. The third kappa shape index (κ3) is 1.42. The molecule has 0 radical (unpaired) electrons. The molecule has 0 atom stereocenters. The van der Waals surface area contributed by atoms with Crippen molar-refractivity contribution in [2.45, 2.75) is 26.3 Å². The van der Waals surface area contributed by atoms with Gasteiger partial charge in [-0.3, -0.25) is 4.57 Å². The zero-order valence-electron chi connectivity index (χ0n) is 9.03. The van der Waals surface area contributed by atoms with Gasteiger partial charge in [-0.15, -0.1) is 0 Å². The monoisotopic (exact) mass is 227 g/mol. The summed E-state index contributed by atoms with van der Waals surface area (Å²) in [7, 11) is 1.93. The van der Waals surface area contributed by atoms with Gasteiger partial charge >= 0.3 is 0 Å². The number of aromatic nitrogens is 4. The van der Waals surface area contributed by atoms with Gasteiger partial charge in [-0.1, -0.05) is 25.4 Å². The zero-order valence-corrected chi connectivity index (χ0v) is 9.78. The van der Waals surface area contributed by atoms with Crippen molar-refractivity contribution in [2.75, 3.05) is 0 Å². The molecular weight excluding hydrogens is 214 g/mol. The van der Waals surface area contributed by atoms with Crippen LogP contribution in [0.25, 0.3) is 5.78 Å². The van der Waals surface area contributed by atoms with Crippen LogP contribution in [0.2, 0.25) is 5.15 Å². The molecule has 0 spiro atoms. The molecule has 0 saturated heterocycles. The van der Waals surface area contributed by atoms with Crippen LogP contribution < -0.4 is 5.73 Å². The van der Waals surface area contributed by atoms with Crippen molar-refractivity contribution in [3.05, 3.63) is 16.7 Å². The minimum absolute atomic E-state index is 0.333. The maximum absolute atomic E-state index is 6.09. The number of hydrogen-bond donors (Lipinski definition) is 1. The number of hydrogen-bond acceptors (Lipinski definition) is 3. The molecule has 0 unspecified atom stereocenters. The van der Waals surface area contributed by atoms with E-state index in [1.807, 2.05) is 11.6 Å². The second-order valence-corrected chi connectivity index (χ2v) is 4.20. The maximum Gasteiger partial charge on any atom is 0.233 e. The smallest absolute Gasteiger partial charge is 0.233 e. The lowest BCUT2D eigenvalue weighted by Crippen LogP contribution is -2.02. The Balaban J connectivity index is 2.70. The second kappa shape index (κ2) is 3.50. The molecule has 15 heavy (non-hydrogen) atoms. The van der Waals surface area contributed by atoms with Gasteiger partial charge in [0.05, 0.1) is 5.69 Å². The summed E-state index contributed by atoms with van der Waals surface area (Å²) in [6, 6.07) is 0. The highest BCUT2D eigenvalue weighted by Crippen LogP contribution is 2.20. The Hall–Kier alpha value is -1.07. The van der Waals surface area contributed by atoms with Gasteiger partial charge in [-0.2, -0.15) is 9.61 Å². The first-order valence-corrected chi connectivity index (χ1v) is 5.23. The third-order valence-electron chi connectivity index (χ3n) is 2.40. The van der Waals surface area contributed by atoms with Crippen LogP contribution in [0.1, 0.15) is 31.3 Å². The van der Waals surface area contributed by atoms with Crippen LogP contribution in [-0.2, 0) is 13.6 Å². The van der Waals surface area contributed by atoms with Crippen LogP contribution in [0, 0.1) is 0 Å². The standard InChI is InChI=1S/C9H14ClN5/c1-5(2)8-13-15-7(10)6(4-11)12-9(15)14(8)3/h5H,4,11H2,1-3H3. The van der Waals surface area contributed by atoms with Crippen molar-refractivity contribution in [2.24, 2.45) is 12.8 Å². The van der Waals surface area contributed by atoms with Gasteiger partial charge < -0.3 is 5.73 Å². The SMILES string of the molecule is CC(C)c1nn2c(Cl)c(CN)nc2n1C. The van der Waals surface area contributed by atoms with Crippen LogP contribution >= 0.6 is 11.6 Å². The topological polar surface area (TPSA) is 61.1 Å². The molecule has 2 N–H and O–H groups in total. The van der Waals surface area contributed by atoms with Gasteiger partial charge in [0.2, 0.25) is 5.78 Å². The summed E-state index contributed by atoms with van der Waals surface area (Å²) in [4.78, 5) is 4.34. The second-order valence-electron chi connectivity index (χ2n) is 3.84. The highest BCUT2D eigenvalue weighted by Gasteiger charge is 2.17. The number of imidazole rings is 1. The molecule has 0 saturated carbocycles. The molecule has 2 rings (SSSR count). The lowest BCUT2D eigenvalue weighted by atomic mass is 10.2. The van der Waals surface area contributed by atoms with E-state index in [-0.39, 0.29) is 0 Å². The van der Waals surface area contributed by atoms with Gasteiger partial charge in [-0.05, 0) is 0 Å². The molecule has 0 amide bonds. The number of halogens is 1. The van der Waals surface area contributed by atoms with Crippen LogP contribution in [0.5, 0.6) is 0 Å². The average molecular weight is 228 g/mol. The number of nitrogens with two attached hydrogens (primary N) is 1. The Labute approximate surface area is 92.8 Å². The molecule has 0 aliphatic rings. The minimum atomic E-state index is 0.333. The number of fused-ring (bicyclic) bond motifs is 1. The van der Waals surface area contributed by atoms with Crippen molar-refractivity contribution in [3.63, 3.8) is 0 Å². The maximum atomic E-state index is 6.09. The first-order valence-electron chi connectivity index (χ1n) is 4.86.